The second kappa shape index (κ2) is 9.51. The van der Waals surface area contributed by atoms with Crippen molar-refractivity contribution in [3.63, 3.8) is 0 Å². The summed E-state index contributed by atoms with van der Waals surface area (Å²) >= 11 is 6.13. The number of sulfonamides is 1. The molecule has 0 atom stereocenters. The second-order valence-corrected chi connectivity index (χ2v) is 9.05. The van der Waals surface area contributed by atoms with E-state index in [1.165, 1.54) is 37.3 Å². The summed E-state index contributed by atoms with van der Waals surface area (Å²) in [4.78, 5) is 34.8. The lowest BCUT2D eigenvalue weighted by molar-refractivity contribution is -0.143. The zero-order chi connectivity index (χ0) is 23.5. The molecular formula is C21H19ClN2O7S. The van der Waals surface area contributed by atoms with Gasteiger partial charge in [-0.25, -0.2) is 13.2 Å². The lowest BCUT2D eigenvalue weighted by atomic mass is 10.1. The van der Waals surface area contributed by atoms with Crippen LogP contribution in [0.3, 0.4) is 0 Å². The number of carbonyl (C=O) groups excluding carboxylic acids is 2. The van der Waals surface area contributed by atoms with Gasteiger partial charge in [0.25, 0.3) is 0 Å². The van der Waals surface area contributed by atoms with E-state index in [4.69, 9.17) is 20.8 Å². The molecule has 0 unspecified atom stereocenters. The maximum Gasteiger partial charge on any atom is 0.336 e. The molecule has 0 fully saturated rings. The summed E-state index contributed by atoms with van der Waals surface area (Å²) in [5.74, 6) is -1.13. The van der Waals surface area contributed by atoms with Crippen molar-refractivity contribution in [3.8, 4) is 0 Å². The maximum atomic E-state index is 12.4. The number of ether oxygens (including phenoxy) is 1. The fourth-order valence-electron chi connectivity index (χ4n) is 2.83. The molecule has 0 aliphatic carbocycles. The lowest BCUT2D eigenvalue weighted by Crippen LogP contribution is -2.30. The van der Waals surface area contributed by atoms with Crippen LogP contribution in [0.4, 0.5) is 5.69 Å². The van der Waals surface area contributed by atoms with E-state index in [9.17, 15) is 22.8 Å². The van der Waals surface area contributed by atoms with Crippen LogP contribution in [0, 0.1) is 6.92 Å². The van der Waals surface area contributed by atoms with Crippen molar-refractivity contribution in [1.29, 1.82) is 0 Å². The van der Waals surface area contributed by atoms with Crippen LogP contribution in [0.25, 0.3) is 11.0 Å². The van der Waals surface area contributed by atoms with Gasteiger partial charge in [-0.1, -0.05) is 11.6 Å². The minimum Gasteiger partial charge on any atom is -0.460 e. The van der Waals surface area contributed by atoms with Gasteiger partial charge in [0.2, 0.25) is 15.9 Å². The van der Waals surface area contributed by atoms with Crippen LogP contribution >= 0.6 is 11.6 Å². The van der Waals surface area contributed by atoms with Crippen molar-refractivity contribution in [2.24, 2.45) is 0 Å². The van der Waals surface area contributed by atoms with Crippen molar-refractivity contribution >= 4 is 50.2 Å². The zero-order valence-corrected chi connectivity index (χ0v) is 18.7. The Hall–Kier alpha value is -3.21. The molecule has 0 bridgehead atoms. The van der Waals surface area contributed by atoms with Crippen LogP contribution in [0.5, 0.6) is 0 Å². The number of fused-ring (bicyclic) bond motifs is 1. The SMILES string of the molecule is CC(=O)Nc1ccc(S(=O)(=O)NCC(=O)OCc2cc(=O)oc3cc(C)c(Cl)cc23)cc1. The predicted octanol–water partition coefficient (Wildman–Crippen LogP) is 2.73. The summed E-state index contributed by atoms with van der Waals surface area (Å²) in [7, 11) is -3.98. The van der Waals surface area contributed by atoms with E-state index in [1.54, 1.807) is 19.1 Å². The number of hydrogen-bond donors (Lipinski definition) is 2. The molecule has 3 rings (SSSR count). The number of benzene rings is 2. The highest BCUT2D eigenvalue weighted by molar-refractivity contribution is 7.89. The average molecular weight is 479 g/mol. The molecule has 0 aliphatic rings. The molecule has 11 heteroatoms. The molecule has 168 valence electrons. The maximum absolute atomic E-state index is 12.4. The smallest absolute Gasteiger partial charge is 0.336 e. The standard InChI is InChI=1S/C21H19ClN2O7S/c1-12-7-19-17(9-18(12)22)14(8-20(26)31-19)11-30-21(27)10-23-32(28,29)16-5-3-15(4-6-16)24-13(2)25/h3-9,23H,10-11H2,1-2H3,(H,24,25). The largest absolute Gasteiger partial charge is 0.460 e. The van der Waals surface area contributed by atoms with E-state index >= 15 is 0 Å². The third-order valence-corrected chi connectivity index (χ3v) is 6.21. The Morgan fingerprint density at radius 1 is 1.12 bits per heavy atom. The van der Waals surface area contributed by atoms with Gasteiger partial charge in [-0.15, -0.1) is 0 Å². The number of amides is 1. The Kier molecular flexibility index (Phi) is 6.97. The van der Waals surface area contributed by atoms with Gasteiger partial charge in [-0.2, -0.15) is 4.72 Å². The summed E-state index contributed by atoms with van der Waals surface area (Å²) in [6.07, 6.45) is 0. The predicted molar refractivity (Wildman–Crippen MR) is 118 cm³/mol. The highest BCUT2D eigenvalue weighted by Crippen LogP contribution is 2.25. The average Bonchev–Trinajstić information content (AvgIpc) is 2.72. The van der Waals surface area contributed by atoms with Gasteiger partial charge in [0.15, 0.2) is 0 Å². The Morgan fingerprint density at radius 2 is 1.81 bits per heavy atom. The van der Waals surface area contributed by atoms with Crippen LogP contribution in [0.15, 0.2) is 56.6 Å². The Labute approximate surface area is 188 Å². The van der Waals surface area contributed by atoms with Gasteiger partial charge in [0.1, 0.15) is 18.7 Å². The van der Waals surface area contributed by atoms with Crippen LogP contribution < -0.4 is 15.7 Å². The fraction of sp³-hybridized carbons (Fsp3) is 0.190. The van der Waals surface area contributed by atoms with E-state index in [0.717, 1.165) is 5.56 Å². The third-order valence-electron chi connectivity index (χ3n) is 4.39. The van der Waals surface area contributed by atoms with Gasteiger partial charge < -0.3 is 14.5 Å². The van der Waals surface area contributed by atoms with Gasteiger partial charge >= 0.3 is 11.6 Å². The number of esters is 1. The van der Waals surface area contributed by atoms with Crippen LogP contribution in [0.1, 0.15) is 18.1 Å². The number of halogens is 1. The first-order valence-electron chi connectivity index (χ1n) is 9.31. The summed E-state index contributed by atoms with van der Waals surface area (Å²) in [6.45, 7) is 2.20. The van der Waals surface area contributed by atoms with E-state index in [2.05, 4.69) is 10.0 Å². The highest BCUT2D eigenvalue weighted by atomic mass is 35.5. The number of anilines is 1. The zero-order valence-electron chi connectivity index (χ0n) is 17.1. The molecule has 1 aromatic heterocycles. The molecule has 1 heterocycles. The normalized spacial score (nSPS) is 11.3. The molecular weight excluding hydrogens is 460 g/mol. The number of carbonyl (C=O) groups is 2. The molecule has 3 aromatic rings. The topological polar surface area (TPSA) is 132 Å². The quantitative estimate of drug-likeness (QED) is 0.394. The summed E-state index contributed by atoms with van der Waals surface area (Å²) in [5.41, 5.74) is 1.21. The first-order chi connectivity index (χ1) is 15.0. The van der Waals surface area contributed by atoms with Crippen LogP contribution in [0.2, 0.25) is 5.02 Å². The van der Waals surface area contributed by atoms with Crippen molar-refractivity contribution in [1.82, 2.24) is 4.72 Å². The summed E-state index contributed by atoms with van der Waals surface area (Å²) < 4.78 is 37.1. The highest BCUT2D eigenvalue weighted by Gasteiger charge is 2.17. The van der Waals surface area contributed by atoms with Crippen molar-refractivity contribution in [3.05, 3.63) is 69.0 Å². The van der Waals surface area contributed by atoms with Crippen LogP contribution in [-0.4, -0.2) is 26.8 Å². The molecule has 2 N–H and O–H groups in total. The molecule has 0 saturated carbocycles. The number of nitrogens with one attached hydrogen (secondary N) is 2. The molecule has 1 amide bonds. The van der Waals surface area contributed by atoms with Gasteiger partial charge in [0.05, 0.1) is 4.90 Å². The molecule has 0 radical (unpaired) electrons. The Balaban J connectivity index is 1.65. The first-order valence-corrected chi connectivity index (χ1v) is 11.2. The minimum atomic E-state index is -3.98. The van der Waals surface area contributed by atoms with E-state index in [-0.39, 0.29) is 17.4 Å². The number of rotatable bonds is 7. The minimum absolute atomic E-state index is 0.0870. The lowest BCUT2D eigenvalue weighted by Gasteiger charge is -2.10. The molecule has 2 aromatic carbocycles. The Morgan fingerprint density at radius 3 is 2.47 bits per heavy atom. The van der Waals surface area contributed by atoms with E-state index < -0.39 is 28.2 Å². The van der Waals surface area contributed by atoms with Crippen LogP contribution in [-0.2, 0) is 31.0 Å². The molecule has 32 heavy (non-hydrogen) atoms. The molecule has 0 saturated heterocycles. The molecule has 9 nitrogen and oxygen atoms in total. The monoisotopic (exact) mass is 478 g/mol. The summed E-state index contributed by atoms with van der Waals surface area (Å²) in [5, 5.41) is 3.49. The molecule has 0 aliphatic heterocycles. The van der Waals surface area contributed by atoms with Crippen molar-refractivity contribution < 1.29 is 27.2 Å². The Bertz CT molecular complexity index is 1350. The fourth-order valence-corrected chi connectivity index (χ4v) is 3.97. The van der Waals surface area contributed by atoms with Gasteiger partial charge in [-0.05, 0) is 48.9 Å². The van der Waals surface area contributed by atoms with Crippen molar-refractivity contribution in [2.45, 2.75) is 25.3 Å². The second-order valence-electron chi connectivity index (χ2n) is 6.88. The number of hydrogen-bond acceptors (Lipinski definition) is 7. The van der Waals surface area contributed by atoms with Gasteiger partial charge in [0, 0.05) is 34.6 Å². The van der Waals surface area contributed by atoms with Gasteiger partial charge in [-0.3, -0.25) is 9.59 Å². The van der Waals surface area contributed by atoms with Crippen molar-refractivity contribution in [2.75, 3.05) is 11.9 Å². The van der Waals surface area contributed by atoms with E-state index in [0.29, 0.717) is 27.2 Å². The number of aryl methyl sites for hydroxylation is 1. The van der Waals surface area contributed by atoms with E-state index in [1.807, 2.05) is 0 Å². The first kappa shape index (κ1) is 23.5. The third kappa shape index (κ3) is 5.72. The molecule has 0 spiro atoms. The summed E-state index contributed by atoms with van der Waals surface area (Å²) in [6, 6.07) is 9.82.